The fourth-order valence-corrected chi connectivity index (χ4v) is 2.57. The molecule has 0 radical (unpaired) electrons. The van der Waals surface area contributed by atoms with E-state index in [1.54, 1.807) is 17.0 Å². The number of thiazole rings is 1. The van der Waals surface area contributed by atoms with Crippen molar-refractivity contribution in [3.8, 4) is 5.13 Å². The lowest BCUT2D eigenvalue weighted by Crippen LogP contribution is -1.99. The van der Waals surface area contributed by atoms with E-state index in [4.69, 9.17) is 16.7 Å². The number of aryl methyl sites for hydroxylation is 1. The van der Waals surface area contributed by atoms with Gasteiger partial charge in [-0.1, -0.05) is 29.9 Å². The van der Waals surface area contributed by atoms with Crippen molar-refractivity contribution in [3.63, 3.8) is 0 Å². The summed E-state index contributed by atoms with van der Waals surface area (Å²) in [6, 6.07) is 0. The highest BCUT2D eigenvalue weighted by Gasteiger charge is 2.17. The minimum atomic E-state index is -1.06. The minimum Gasteiger partial charge on any atom is -0.477 e. The monoisotopic (exact) mass is 271 g/mol. The number of rotatable bonds is 4. The summed E-state index contributed by atoms with van der Waals surface area (Å²) in [7, 11) is 0. The van der Waals surface area contributed by atoms with Gasteiger partial charge in [0.2, 0.25) is 0 Å². The Bertz CT molecular complexity index is 549. The second-order valence-electron chi connectivity index (χ2n) is 3.38. The van der Waals surface area contributed by atoms with E-state index in [1.807, 2.05) is 0 Å². The normalized spacial score (nSPS) is 10.7. The van der Waals surface area contributed by atoms with Crippen LogP contribution in [0.4, 0.5) is 0 Å². The first-order valence-corrected chi connectivity index (χ1v) is 6.25. The largest absolute Gasteiger partial charge is 0.477 e. The number of carboxylic acids is 1. The van der Waals surface area contributed by atoms with E-state index >= 15 is 0 Å². The number of halogens is 1. The van der Waals surface area contributed by atoms with Gasteiger partial charge in [-0.2, -0.15) is 0 Å². The third-order valence-corrected chi connectivity index (χ3v) is 3.59. The number of imidazole rings is 1. The zero-order valence-electron chi connectivity index (χ0n) is 9.05. The molecule has 2 aromatic rings. The van der Waals surface area contributed by atoms with Crippen LogP contribution in [0, 0.1) is 0 Å². The van der Waals surface area contributed by atoms with Crippen LogP contribution in [0.15, 0.2) is 12.4 Å². The summed E-state index contributed by atoms with van der Waals surface area (Å²) < 4.78 is 1.77. The summed E-state index contributed by atoms with van der Waals surface area (Å²) in [6.45, 7) is 2.05. The van der Waals surface area contributed by atoms with Crippen molar-refractivity contribution in [1.82, 2.24) is 14.5 Å². The maximum Gasteiger partial charge on any atom is 0.349 e. The molecule has 0 unspecified atom stereocenters. The van der Waals surface area contributed by atoms with Gasteiger partial charge in [-0.25, -0.2) is 14.8 Å². The van der Waals surface area contributed by atoms with E-state index in [0.717, 1.165) is 30.0 Å². The first-order valence-electron chi connectivity index (χ1n) is 5.05. The van der Waals surface area contributed by atoms with Crippen LogP contribution in [0.1, 0.15) is 28.8 Å². The second-order valence-corrected chi connectivity index (χ2v) is 4.72. The first-order chi connectivity index (χ1) is 8.13. The highest BCUT2D eigenvalue weighted by molar-refractivity contribution is 7.16. The lowest BCUT2D eigenvalue weighted by Gasteiger charge is -2.01. The van der Waals surface area contributed by atoms with Crippen LogP contribution < -0.4 is 0 Å². The van der Waals surface area contributed by atoms with Crippen molar-refractivity contribution in [2.45, 2.75) is 19.8 Å². The highest BCUT2D eigenvalue weighted by atomic mass is 35.5. The number of carboxylic acid groups (broad SMARTS) is 1. The molecule has 0 aliphatic heterocycles. The Morgan fingerprint density at radius 2 is 2.41 bits per heavy atom. The Morgan fingerprint density at radius 3 is 3.00 bits per heavy atom. The summed E-state index contributed by atoms with van der Waals surface area (Å²) >= 11 is 6.82. The zero-order valence-corrected chi connectivity index (χ0v) is 10.6. The van der Waals surface area contributed by atoms with E-state index < -0.39 is 5.97 Å². The molecule has 0 amide bonds. The van der Waals surface area contributed by atoms with E-state index in [2.05, 4.69) is 16.9 Å². The zero-order chi connectivity index (χ0) is 12.4. The Hall–Kier alpha value is -1.40. The summed E-state index contributed by atoms with van der Waals surface area (Å²) in [5.74, 6) is -0.203. The van der Waals surface area contributed by atoms with Gasteiger partial charge in [-0.05, 0) is 6.42 Å². The Kier molecular flexibility index (Phi) is 3.44. The van der Waals surface area contributed by atoms with Crippen LogP contribution in [0.3, 0.4) is 0 Å². The molecule has 0 saturated carbocycles. The Morgan fingerprint density at radius 1 is 1.65 bits per heavy atom. The molecule has 0 aliphatic carbocycles. The number of aromatic nitrogens is 3. The molecule has 1 N–H and O–H groups in total. The molecule has 0 spiro atoms. The molecule has 0 atom stereocenters. The third-order valence-electron chi connectivity index (χ3n) is 2.17. The maximum atomic E-state index is 10.9. The molecule has 0 bridgehead atoms. The van der Waals surface area contributed by atoms with Crippen molar-refractivity contribution in [1.29, 1.82) is 0 Å². The number of aromatic carboxylic acids is 1. The van der Waals surface area contributed by atoms with Crippen LogP contribution in [0.25, 0.3) is 5.13 Å². The average Bonchev–Trinajstić information content (AvgIpc) is 2.84. The van der Waals surface area contributed by atoms with Gasteiger partial charge in [0.1, 0.15) is 5.82 Å². The van der Waals surface area contributed by atoms with Crippen LogP contribution in [0.5, 0.6) is 0 Å². The molecule has 0 aliphatic rings. The molecule has 2 rings (SSSR count). The number of carbonyl (C=O) groups is 1. The van der Waals surface area contributed by atoms with Crippen LogP contribution in [-0.4, -0.2) is 25.6 Å². The summed E-state index contributed by atoms with van der Waals surface area (Å²) in [4.78, 5) is 19.2. The molecule has 17 heavy (non-hydrogen) atoms. The minimum absolute atomic E-state index is 0.0219. The smallest absolute Gasteiger partial charge is 0.349 e. The lowest BCUT2D eigenvalue weighted by molar-refractivity contribution is 0.0702. The SMILES string of the molecule is CCCc1nccn1-c1nc(Cl)c(C(=O)O)s1. The molecule has 0 aromatic carbocycles. The van der Waals surface area contributed by atoms with Gasteiger partial charge in [-0.15, -0.1) is 0 Å². The van der Waals surface area contributed by atoms with Crippen molar-refractivity contribution in [3.05, 3.63) is 28.2 Å². The van der Waals surface area contributed by atoms with E-state index in [-0.39, 0.29) is 10.0 Å². The average molecular weight is 272 g/mol. The number of hydrogen-bond acceptors (Lipinski definition) is 4. The molecule has 2 aromatic heterocycles. The predicted octanol–water partition coefficient (Wildman–Crippen LogP) is 2.63. The molecule has 7 heteroatoms. The summed E-state index contributed by atoms with van der Waals surface area (Å²) in [5, 5.41) is 9.47. The molecule has 2 heterocycles. The number of hydrogen-bond donors (Lipinski definition) is 1. The summed E-state index contributed by atoms with van der Waals surface area (Å²) in [6.07, 6.45) is 5.20. The molecular formula is C10H10ClN3O2S. The fraction of sp³-hybridized carbons (Fsp3) is 0.300. The molecular weight excluding hydrogens is 262 g/mol. The van der Waals surface area contributed by atoms with Gasteiger partial charge in [-0.3, -0.25) is 4.57 Å². The molecule has 5 nitrogen and oxygen atoms in total. The predicted molar refractivity (Wildman–Crippen MR) is 65.2 cm³/mol. The van der Waals surface area contributed by atoms with Crippen molar-refractivity contribution in [2.75, 3.05) is 0 Å². The van der Waals surface area contributed by atoms with Crippen molar-refractivity contribution in [2.24, 2.45) is 0 Å². The quantitative estimate of drug-likeness (QED) is 0.928. The first kappa shape index (κ1) is 12.1. The van der Waals surface area contributed by atoms with Crippen LogP contribution >= 0.6 is 22.9 Å². The third kappa shape index (κ3) is 2.32. The number of nitrogens with zero attached hydrogens (tertiary/aromatic N) is 3. The van der Waals surface area contributed by atoms with Gasteiger partial charge >= 0.3 is 5.97 Å². The van der Waals surface area contributed by atoms with Gasteiger partial charge in [0, 0.05) is 18.8 Å². The second kappa shape index (κ2) is 4.85. The van der Waals surface area contributed by atoms with E-state index in [1.165, 1.54) is 0 Å². The Balaban J connectivity index is 2.42. The van der Waals surface area contributed by atoms with Crippen molar-refractivity contribution < 1.29 is 9.90 Å². The van der Waals surface area contributed by atoms with Crippen molar-refractivity contribution >= 4 is 28.9 Å². The van der Waals surface area contributed by atoms with Gasteiger partial charge in [0.15, 0.2) is 15.2 Å². The van der Waals surface area contributed by atoms with E-state index in [0.29, 0.717) is 5.13 Å². The van der Waals surface area contributed by atoms with Gasteiger partial charge in [0.05, 0.1) is 0 Å². The van der Waals surface area contributed by atoms with Gasteiger partial charge < -0.3 is 5.11 Å². The molecule has 0 saturated heterocycles. The fourth-order valence-electron chi connectivity index (χ4n) is 1.44. The Labute approximate surface area is 107 Å². The highest BCUT2D eigenvalue weighted by Crippen LogP contribution is 2.26. The molecule has 90 valence electrons. The van der Waals surface area contributed by atoms with Crippen LogP contribution in [0.2, 0.25) is 5.15 Å². The lowest BCUT2D eigenvalue weighted by atomic mass is 10.3. The van der Waals surface area contributed by atoms with Crippen LogP contribution in [-0.2, 0) is 6.42 Å². The maximum absolute atomic E-state index is 10.9. The molecule has 0 fully saturated rings. The van der Waals surface area contributed by atoms with Gasteiger partial charge in [0.25, 0.3) is 0 Å². The topological polar surface area (TPSA) is 68.0 Å². The standard InChI is InChI=1S/C10H10ClN3O2S/c1-2-3-6-12-4-5-14(6)10-13-8(11)7(17-10)9(15)16/h4-5H,2-3H2,1H3,(H,15,16). The van der Waals surface area contributed by atoms with E-state index in [9.17, 15) is 4.79 Å². The summed E-state index contributed by atoms with van der Waals surface area (Å²) in [5.41, 5.74) is 0.